The largest absolute Gasteiger partial charge is 0.290 e. The van der Waals surface area contributed by atoms with Gasteiger partial charge < -0.3 is 0 Å². The average molecular weight is 168 g/mol. The fourth-order valence-electron chi connectivity index (χ4n) is 0.325. The number of unbranched alkanes of at least 4 members (excludes halogenated alkanes) is 1. The van der Waals surface area contributed by atoms with Gasteiger partial charge in [0, 0.05) is 0 Å². The molecule has 0 amide bonds. The van der Waals surface area contributed by atoms with Crippen LogP contribution in [0.4, 0.5) is 0 Å². The van der Waals surface area contributed by atoms with Crippen LogP contribution in [0.3, 0.4) is 0 Å². The van der Waals surface area contributed by atoms with E-state index in [9.17, 15) is 8.42 Å². The maximum Gasteiger partial charge on any atom is 0.290 e. The van der Waals surface area contributed by atoms with Crippen molar-refractivity contribution < 1.29 is 17.6 Å². The second kappa shape index (κ2) is 4.65. The van der Waals surface area contributed by atoms with Crippen LogP contribution in [0.2, 0.25) is 0 Å². The van der Waals surface area contributed by atoms with Crippen molar-refractivity contribution in [3.05, 3.63) is 0 Å². The molecule has 0 spiro atoms. The highest BCUT2D eigenvalue weighted by molar-refractivity contribution is 7.85. The van der Waals surface area contributed by atoms with E-state index in [1.54, 1.807) is 0 Å². The van der Waals surface area contributed by atoms with Gasteiger partial charge >= 0.3 is 0 Å². The summed E-state index contributed by atoms with van der Waals surface area (Å²) in [5, 5.41) is 0. The Morgan fingerprint density at radius 3 is 2.40 bits per heavy atom. The summed E-state index contributed by atoms with van der Waals surface area (Å²) < 4.78 is 24.5. The normalized spacial score (nSPS) is 11.8. The first-order chi connectivity index (χ1) is 4.56. The van der Waals surface area contributed by atoms with Gasteiger partial charge in [-0.15, -0.1) is 4.33 Å². The first-order valence-electron chi connectivity index (χ1n) is 3.07. The van der Waals surface area contributed by atoms with E-state index in [1.807, 2.05) is 6.92 Å². The van der Waals surface area contributed by atoms with Gasteiger partial charge in [0.05, 0.1) is 12.9 Å². The van der Waals surface area contributed by atoms with Crippen LogP contribution >= 0.6 is 0 Å². The van der Waals surface area contributed by atoms with Crippen LogP contribution < -0.4 is 0 Å². The van der Waals surface area contributed by atoms with Gasteiger partial charge in [-0.3, -0.25) is 0 Å². The molecule has 0 aliphatic rings. The Balaban J connectivity index is 3.21. The van der Waals surface area contributed by atoms with Gasteiger partial charge in [-0.25, -0.2) is 4.89 Å². The Morgan fingerprint density at radius 2 is 2.00 bits per heavy atom. The third-order valence-corrected chi connectivity index (χ3v) is 1.10. The van der Waals surface area contributed by atoms with Crippen LogP contribution in [-0.2, 0) is 19.3 Å². The summed E-state index contributed by atoms with van der Waals surface area (Å²) in [5.74, 6) is 0. The van der Waals surface area contributed by atoms with Crippen molar-refractivity contribution in [3.63, 3.8) is 0 Å². The summed E-state index contributed by atoms with van der Waals surface area (Å²) in [6.07, 6.45) is 2.70. The molecule has 0 rings (SSSR count). The molecule has 0 saturated heterocycles. The van der Waals surface area contributed by atoms with Crippen molar-refractivity contribution >= 4 is 10.1 Å². The van der Waals surface area contributed by atoms with E-state index < -0.39 is 10.1 Å². The van der Waals surface area contributed by atoms with Gasteiger partial charge in [0.15, 0.2) is 0 Å². The summed E-state index contributed by atoms with van der Waals surface area (Å²) in [5.41, 5.74) is 0. The minimum Gasteiger partial charge on any atom is -0.220 e. The maximum atomic E-state index is 10.2. The van der Waals surface area contributed by atoms with Gasteiger partial charge in [0.25, 0.3) is 10.1 Å². The summed E-state index contributed by atoms with van der Waals surface area (Å²) in [6.45, 7) is 2.30. The van der Waals surface area contributed by atoms with Gasteiger partial charge in [0.1, 0.15) is 0 Å². The Bertz CT molecular complexity index is 160. The molecule has 5 heteroatoms. The molecule has 0 N–H and O–H groups in total. The first kappa shape index (κ1) is 9.87. The second-order valence-corrected chi connectivity index (χ2v) is 3.49. The molecular formula is C5H12O4S. The van der Waals surface area contributed by atoms with Gasteiger partial charge in [0.2, 0.25) is 0 Å². The molecule has 4 nitrogen and oxygen atoms in total. The van der Waals surface area contributed by atoms with Gasteiger partial charge in [-0.05, 0) is 6.42 Å². The molecule has 62 valence electrons. The molecule has 0 aliphatic heterocycles. The highest BCUT2D eigenvalue weighted by Gasteiger charge is 2.00. The van der Waals surface area contributed by atoms with E-state index in [2.05, 4.69) is 9.22 Å². The quantitative estimate of drug-likeness (QED) is 0.344. The molecule has 0 radical (unpaired) electrons. The lowest BCUT2D eigenvalue weighted by Crippen LogP contribution is -2.04. The molecule has 0 saturated carbocycles. The van der Waals surface area contributed by atoms with E-state index in [-0.39, 0.29) is 0 Å². The Labute approximate surface area is 61.2 Å². The smallest absolute Gasteiger partial charge is 0.220 e. The molecular weight excluding hydrogens is 156 g/mol. The van der Waals surface area contributed by atoms with E-state index in [4.69, 9.17) is 0 Å². The van der Waals surface area contributed by atoms with Crippen molar-refractivity contribution in [1.29, 1.82) is 0 Å². The zero-order chi connectivity index (χ0) is 8.04. The fourth-order valence-corrected chi connectivity index (χ4v) is 0.568. The summed E-state index contributed by atoms with van der Waals surface area (Å²) >= 11 is 0. The van der Waals surface area contributed by atoms with Crippen LogP contribution in [0.15, 0.2) is 0 Å². The van der Waals surface area contributed by atoms with E-state index in [1.165, 1.54) is 0 Å². The standard InChI is InChI=1S/C5H12O4S/c1-3-4-5-8-9-10(2,6)7/h3-5H2,1-2H3. The van der Waals surface area contributed by atoms with Crippen molar-refractivity contribution in [1.82, 2.24) is 0 Å². The highest BCUT2D eigenvalue weighted by Crippen LogP contribution is 1.92. The minimum absolute atomic E-state index is 0.323. The Kier molecular flexibility index (Phi) is 4.59. The van der Waals surface area contributed by atoms with E-state index in [0.717, 1.165) is 19.1 Å². The first-order valence-corrected chi connectivity index (χ1v) is 4.89. The van der Waals surface area contributed by atoms with Crippen molar-refractivity contribution in [2.45, 2.75) is 19.8 Å². The summed E-state index contributed by atoms with van der Waals surface area (Å²) in [7, 11) is -3.43. The predicted molar refractivity (Wildman–Crippen MR) is 36.8 cm³/mol. The average Bonchev–Trinajstić information content (AvgIpc) is 1.78. The topological polar surface area (TPSA) is 52.6 Å². The molecule has 0 atom stereocenters. The monoisotopic (exact) mass is 168 g/mol. The zero-order valence-corrected chi connectivity index (χ0v) is 6.98. The molecule has 0 aliphatic carbocycles. The molecule has 0 aromatic carbocycles. The lowest BCUT2D eigenvalue weighted by molar-refractivity contribution is -0.201. The third-order valence-electron chi connectivity index (χ3n) is 0.753. The molecule has 0 bridgehead atoms. The fraction of sp³-hybridized carbons (Fsp3) is 1.00. The lowest BCUT2D eigenvalue weighted by Gasteiger charge is -1.98. The SMILES string of the molecule is CCCCOOS(C)(=O)=O. The number of hydrogen-bond acceptors (Lipinski definition) is 4. The maximum absolute atomic E-state index is 10.2. The molecule has 0 unspecified atom stereocenters. The summed E-state index contributed by atoms with van der Waals surface area (Å²) in [6, 6.07) is 0. The van der Waals surface area contributed by atoms with Gasteiger partial charge in [-0.1, -0.05) is 13.3 Å². The zero-order valence-electron chi connectivity index (χ0n) is 6.16. The van der Waals surface area contributed by atoms with Crippen molar-refractivity contribution in [3.8, 4) is 0 Å². The molecule has 10 heavy (non-hydrogen) atoms. The van der Waals surface area contributed by atoms with Crippen molar-refractivity contribution in [2.75, 3.05) is 12.9 Å². The van der Waals surface area contributed by atoms with Crippen LogP contribution in [0, 0.1) is 0 Å². The van der Waals surface area contributed by atoms with Crippen LogP contribution in [0.1, 0.15) is 19.8 Å². The molecule has 0 heterocycles. The van der Waals surface area contributed by atoms with E-state index in [0.29, 0.717) is 6.61 Å². The molecule has 0 aromatic heterocycles. The third kappa shape index (κ3) is 7.87. The van der Waals surface area contributed by atoms with Crippen molar-refractivity contribution in [2.24, 2.45) is 0 Å². The number of hydrogen-bond donors (Lipinski definition) is 0. The molecule has 0 fully saturated rings. The van der Waals surface area contributed by atoms with Crippen LogP contribution in [0.5, 0.6) is 0 Å². The predicted octanol–water partition coefficient (Wildman–Crippen LogP) is 0.694. The van der Waals surface area contributed by atoms with Crippen LogP contribution in [0.25, 0.3) is 0 Å². The Hall–Kier alpha value is -0.130. The highest BCUT2D eigenvalue weighted by atomic mass is 32.2. The Morgan fingerprint density at radius 1 is 1.40 bits per heavy atom. The second-order valence-electron chi connectivity index (χ2n) is 1.95. The van der Waals surface area contributed by atoms with E-state index >= 15 is 0 Å². The summed E-state index contributed by atoms with van der Waals surface area (Å²) in [4.78, 5) is 4.35. The minimum atomic E-state index is -3.43. The molecule has 0 aromatic rings. The lowest BCUT2D eigenvalue weighted by atomic mass is 10.4. The van der Waals surface area contributed by atoms with Gasteiger partial charge in [-0.2, -0.15) is 8.42 Å². The number of rotatable bonds is 5. The van der Waals surface area contributed by atoms with Crippen LogP contribution in [-0.4, -0.2) is 21.3 Å².